The zero-order valence-electron chi connectivity index (χ0n) is 9.38. The minimum Gasteiger partial charge on any atom is -0.329 e. The van der Waals surface area contributed by atoms with E-state index in [9.17, 15) is 0 Å². The van der Waals surface area contributed by atoms with E-state index in [4.69, 9.17) is 17.3 Å². The average Bonchev–Trinajstić information content (AvgIpc) is 2.75. The molecule has 17 heavy (non-hydrogen) atoms. The molecule has 0 fully saturated rings. The van der Waals surface area contributed by atoms with Crippen LogP contribution in [-0.2, 0) is 19.4 Å². The number of benzene rings is 1. The highest BCUT2D eigenvalue weighted by Gasteiger charge is 2.03. The molecule has 0 aliphatic rings. The highest BCUT2D eigenvalue weighted by atomic mass is 35.5. The van der Waals surface area contributed by atoms with Gasteiger partial charge in [0.2, 0.25) is 0 Å². The minimum atomic E-state index is 0.518. The van der Waals surface area contributed by atoms with Crippen molar-refractivity contribution in [3.05, 3.63) is 40.7 Å². The molecule has 2 rings (SSSR count). The maximum absolute atomic E-state index is 5.91. The van der Waals surface area contributed by atoms with Gasteiger partial charge >= 0.3 is 0 Å². The van der Waals surface area contributed by atoms with E-state index in [0.717, 1.165) is 23.7 Å². The molecule has 0 atom stereocenters. The highest BCUT2D eigenvalue weighted by molar-refractivity contribution is 6.30. The number of nitrogens with zero attached hydrogens (tertiary/aromatic N) is 4. The maximum atomic E-state index is 5.91. The topological polar surface area (TPSA) is 69.6 Å². The molecular weight excluding hydrogens is 238 g/mol. The number of aromatic nitrogens is 4. The van der Waals surface area contributed by atoms with Crippen LogP contribution in [0.4, 0.5) is 0 Å². The van der Waals surface area contributed by atoms with E-state index in [1.807, 2.05) is 24.3 Å². The molecule has 0 unspecified atom stereocenters. The first-order valence-electron chi connectivity index (χ1n) is 5.49. The molecule has 90 valence electrons. The summed E-state index contributed by atoms with van der Waals surface area (Å²) < 4.78 is 0. The van der Waals surface area contributed by atoms with Crippen LogP contribution in [0.15, 0.2) is 24.3 Å². The lowest BCUT2D eigenvalue weighted by Crippen LogP contribution is -2.12. The van der Waals surface area contributed by atoms with Crippen molar-refractivity contribution in [3.63, 3.8) is 0 Å². The summed E-state index contributed by atoms with van der Waals surface area (Å²) in [7, 11) is 0. The van der Waals surface area contributed by atoms with E-state index in [-0.39, 0.29) is 0 Å². The van der Waals surface area contributed by atoms with Crippen molar-refractivity contribution in [1.29, 1.82) is 0 Å². The quantitative estimate of drug-likeness (QED) is 0.863. The number of rotatable bonds is 5. The molecule has 6 heteroatoms. The monoisotopic (exact) mass is 251 g/mol. The fraction of sp³-hybridized carbons (Fsp3) is 0.364. The van der Waals surface area contributed by atoms with Crippen LogP contribution < -0.4 is 5.73 Å². The summed E-state index contributed by atoms with van der Waals surface area (Å²) in [6.07, 6.45) is 1.61. The van der Waals surface area contributed by atoms with E-state index >= 15 is 0 Å². The number of aryl methyl sites for hydroxylation is 2. The molecule has 0 aliphatic carbocycles. The molecule has 0 saturated heterocycles. The SMILES string of the molecule is NCCn1nnc(CCc2cccc(Cl)c2)n1. The van der Waals surface area contributed by atoms with Crippen LogP contribution in [0.2, 0.25) is 5.02 Å². The molecule has 0 radical (unpaired) electrons. The number of nitrogens with two attached hydrogens (primary N) is 1. The van der Waals surface area contributed by atoms with E-state index in [1.165, 1.54) is 10.4 Å². The zero-order valence-corrected chi connectivity index (χ0v) is 10.1. The Balaban J connectivity index is 1.93. The standard InChI is InChI=1S/C11H14ClN5/c12-10-3-1-2-9(8-10)4-5-11-14-16-17(15-11)7-6-13/h1-3,8H,4-7,13H2. The van der Waals surface area contributed by atoms with Gasteiger partial charge in [-0.15, -0.1) is 10.2 Å². The Kier molecular flexibility index (Phi) is 4.06. The van der Waals surface area contributed by atoms with Crippen molar-refractivity contribution in [1.82, 2.24) is 20.2 Å². The van der Waals surface area contributed by atoms with Gasteiger partial charge in [0.1, 0.15) is 0 Å². The van der Waals surface area contributed by atoms with Crippen LogP contribution in [0.1, 0.15) is 11.4 Å². The first-order chi connectivity index (χ1) is 8.28. The molecule has 0 amide bonds. The van der Waals surface area contributed by atoms with Crippen LogP contribution >= 0.6 is 11.6 Å². The molecule has 0 bridgehead atoms. The van der Waals surface area contributed by atoms with Gasteiger partial charge in [0, 0.05) is 18.0 Å². The maximum Gasteiger partial charge on any atom is 0.175 e. The van der Waals surface area contributed by atoms with Crippen molar-refractivity contribution in [2.75, 3.05) is 6.54 Å². The Morgan fingerprint density at radius 2 is 2.18 bits per heavy atom. The second-order valence-electron chi connectivity index (χ2n) is 3.72. The molecule has 0 saturated carbocycles. The Morgan fingerprint density at radius 3 is 2.94 bits per heavy atom. The predicted octanol–water partition coefficient (Wildman–Crippen LogP) is 1.07. The summed E-state index contributed by atoms with van der Waals surface area (Å²) >= 11 is 5.91. The predicted molar refractivity (Wildman–Crippen MR) is 65.7 cm³/mol. The summed E-state index contributed by atoms with van der Waals surface area (Å²) in [5.74, 6) is 0.735. The molecule has 1 aromatic heterocycles. The Morgan fingerprint density at radius 1 is 1.29 bits per heavy atom. The van der Waals surface area contributed by atoms with Crippen LogP contribution in [-0.4, -0.2) is 26.8 Å². The molecule has 1 heterocycles. The van der Waals surface area contributed by atoms with E-state index in [0.29, 0.717) is 13.1 Å². The van der Waals surface area contributed by atoms with Crippen molar-refractivity contribution >= 4 is 11.6 Å². The smallest absolute Gasteiger partial charge is 0.175 e. The third-order valence-electron chi connectivity index (χ3n) is 2.35. The normalized spacial score (nSPS) is 10.7. The third-order valence-corrected chi connectivity index (χ3v) is 2.58. The van der Waals surface area contributed by atoms with Crippen LogP contribution in [0, 0.1) is 0 Å². The van der Waals surface area contributed by atoms with E-state index in [2.05, 4.69) is 15.4 Å². The Bertz CT molecular complexity index is 482. The number of hydrogen-bond donors (Lipinski definition) is 1. The number of hydrogen-bond acceptors (Lipinski definition) is 4. The Hall–Kier alpha value is -1.46. The molecule has 2 aromatic rings. The first-order valence-corrected chi connectivity index (χ1v) is 5.87. The summed E-state index contributed by atoms with van der Waals surface area (Å²) in [4.78, 5) is 1.52. The van der Waals surface area contributed by atoms with Gasteiger partial charge < -0.3 is 5.73 Å². The largest absolute Gasteiger partial charge is 0.329 e. The van der Waals surface area contributed by atoms with Gasteiger partial charge in [-0.2, -0.15) is 4.80 Å². The van der Waals surface area contributed by atoms with Crippen LogP contribution in [0.25, 0.3) is 0 Å². The average molecular weight is 252 g/mol. The minimum absolute atomic E-state index is 0.518. The van der Waals surface area contributed by atoms with Crippen molar-refractivity contribution in [3.8, 4) is 0 Å². The summed E-state index contributed by atoms with van der Waals surface area (Å²) in [5.41, 5.74) is 6.58. The van der Waals surface area contributed by atoms with Crippen molar-refractivity contribution in [2.24, 2.45) is 5.73 Å². The van der Waals surface area contributed by atoms with Gasteiger partial charge in [0.25, 0.3) is 0 Å². The van der Waals surface area contributed by atoms with Gasteiger partial charge in [0.15, 0.2) is 5.82 Å². The molecule has 0 spiro atoms. The van der Waals surface area contributed by atoms with Gasteiger partial charge in [-0.05, 0) is 29.3 Å². The zero-order chi connectivity index (χ0) is 12.1. The second kappa shape index (κ2) is 5.75. The Labute approximate surface area is 105 Å². The van der Waals surface area contributed by atoms with Gasteiger partial charge in [-0.1, -0.05) is 23.7 Å². The third kappa shape index (κ3) is 3.51. The summed E-state index contributed by atoms with van der Waals surface area (Å²) in [5, 5.41) is 12.8. The number of tetrazole rings is 1. The van der Waals surface area contributed by atoms with Crippen LogP contribution in [0.5, 0.6) is 0 Å². The van der Waals surface area contributed by atoms with Crippen LogP contribution in [0.3, 0.4) is 0 Å². The molecular formula is C11H14ClN5. The molecule has 0 aliphatic heterocycles. The van der Waals surface area contributed by atoms with E-state index < -0.39 is 0 Å². The van der Waals surface area contributed by atoms with Gasteiger partial charge in [-0.25, -0.2) is 0 Å². The summed E-state index contributed by atoms with van der Waals surface area (Å²) in [6.45, 7) is 1.12. The first kappa shape index (κ1) is 12.0. The molecule has 5 nitrogen and oxygen atoms in total. The van der Waals surface area contributed by atoms with Gasteiger partial charge in [0.05, 0.1) is 6.54 Å². The fourth-order valence-corrected chi connectivity index (χ4v) is 1.75. The molecule has 1 aromatic carbocycles. The van der Waals surface area contributed by atoms with Gasteiger partial charge in [-0.3, -0.25) is 0 Å². The fourth-order valence-electron chi connectivity index (χ4n) is 1.54. The highest BCUT2D eigenvalue weighted by Crippen LogP contribution is 2.12. The van der Waals surface area contributed by atoms with E-state index in [1.54, 1.807) is 0 Å². The lowest BCUT2D eigenvalue weighted by molar-refractivity contribution is 0.528. The summed E-state index contributed by atoms with van der Waals surface area (Å²) in [6, 6.07) is 7.79. The number of halogens is 1. The lowest BCUT2D eigenvalue weighted by atomic mass is 10.1. The van der Waals surface area contributed by atoms with Crippen molar-refractivity contribution in [2.45, 2.75) is 19.4 Å². The lowest BCUT2D eigenvalue weighted by Gasteiger charge is -1.98. The van der Waals surface area contributed by atoms with Crippen molar-refractivity contribution < 1.29 is 0 Å². The second-order valence-corrected chi connectivity index (χ2v) is 4.16. The molecule has 2 N–H and O–H groups in total.